The molecular formula is C22H25FN2O2Si. The summed E-state index contributed by atoms with van der Waals surface area (Å²) in [6.07, 6.45) is 3.91. The number of allylic oxidation sites excluding steroid dienone is 1. The van der Waals surface area contributed by atoms with E-state index in [1.165, 1.54) is 0 Å². The van der Waals surface area contributed by atoms with Crippen molar-refractivity contribution in [3.8, 4) is 16.8 Å². The SMILES string of the molecule is C=C(C)c1cc(-c2ccc(CC3CCC([Si]#CC(=O)O)C3)cc2F)nn1CC. The lowest BCUT2D eigenvalue weighted by Crippen LogP contribution is -2.02. The van der Waals surface area contributed by atoms with Crippen LogP contribution in [0.4, 0.5) is 4.39 Å². The van der Waals surface area contributed by atoms with Crippen LogP contribution in [0.5, 0.6) is 0 Å². The van der Waals surface area contributed by atoms with Crippen molar-refractivity contribution in [1.82, 2.24) is 9.78 Å². The molecule has 1 fully saturated rings. The molecule has 0 aliphatic heterocycles. The third kappa shape index (κ3) is 4.69. The fourth-order valence-electron chi connectivity index (χ4n) is 3.91. The Morgan fingerprint density at radius 2 is 2.21 bits per heavy atom. The predicted molar refractivity (Wildman–Crippen MR) is 110 cm³/mol. The summed E-state index contributed by atoms with van der Waals surface area (Å²) in [6, 6.07) is 7.30. The van der Waals surface area contributed by atoms with E-state index >= 15 is 0 Å². The fraction of sp³-hybridized carbons (Fsp3) is 0.409. The molecule has 0 amide bonds. The van der Waals surface area contributed by atoms with Crippen LogP contribution in [0.15, 0.2) is 30.8 Å². The Hall–Kier alpha value is -2.43. The number of aromatic nitrogens is 2. The Balaban J connectivity index is 1.73. The van der Waals surface area contributed by atoms with Gasteiger partial charge in [-0.15, -0.1) is 0 Å². The number of carbonyl (C=O) groups is 1. The number of benzene rings is 1. The molecule has 2 unspecified atom stereocenters. The molecule has 4 nitrogen and oxygen atoms in total. The van der Waals surface area contributed by atoms with Crippen molar-refractivity contribution >= 4 is 20.5 Å². The summed E-state index contributed by atoms with van der Waals surface area (Å²) in [5.74, 6) is -0.733. The molecule has 1 aromatic carbocycles. The molecule has 0 bridgehead atoms. The summed E-state index contributed by atoms with van der Waals surface area (Å²) < 4.78 is 16.6. The van der Waals surface area contributed by atoms with Gasteiger partial charge < -0.3 is 5.11 Å². The van der Waals surface area contributed by atoms with E-state index in [0.717, 1.165) is 42.5 Å². The minimum absolute atomic E-state index is 0.247. The zero-order valence-corrected chi connectivity index (χ0v) is 17.3. The van der Waals surface area contributed by atoms with E-state index in [1.807, 2.05) is 36.7 Å². The van der Waals surface area contributed by atoms with Crippen molar-refractivity contribution in [2.45, 2.75) is 51.6 Å². The van der Waals surface area contributed by atoms with Gasteiger partial charge in [0.2, 0.25) is 0 Å². The van der Waals surface area contributed by atoms with Gasteiger partial charge in [-0.25, -0.2) is 9.18 Å². The predicted octanol–water partition coefficient (Wildman–Crippen LogP) is 4.62. The van der Waals surface area contributed by atoms with E-state index in [9.17, 15) is 9.18 Å². The molecule has 3 rings (SSSR count). The number of rotatable bonds is 5. The van der Waals surface area contributed by atoms with Crippen LogP contribution >= 0.6 is 0 Å². The third-order valence-corrected chi connectivity index (χ3v) is 6.57. The first-order valence-electron chi connectivity index (χ1n) is 9.64. The maximum atomic E-state index is 14.8. The molecule has 0 radical (unpaired) electrons. The van der Waals surface area contributed by atoms with Crippen molar-refractivity contribution in [3.63, 3.8) is 0 Å². The van der Waals surface area contributed by atoms with Gasteiger partial charge in [0.15, 0.2) is 0 Å². The molecular weight excluding hydrogens is 371 g/mol. The highest BCUT2D eigenvalue weighted by atomic mass is 28.2. The fourth-order valence-corrected chi connectivity index (χ4v) is 5.00. The molecule has 0 spiro atoms. The minimum Gasteiger partial charge on any atom is -0.472 e. The first-order valence-corrected chi connectivity index (χ1v) is 10.7. The monoisotopic (exact) mass is 396 g/mol. The average Bonchev–Trinajstić information content (AvgIpc) is 3.27. The van der Waals surface area contributed by atoms with Crippen molar-refractivity contribution in [2.24, 2.45) is 5.92 Å². The van der Waals surface area contributed by atoms with Crippen molar-refractivity contribution in [2.75, 3.05) is 0 Å². The maximum absolute atomic E-state index is 14.8. The summed E-state index contributed by atoms with van der Waals surface area (Å²) in [5, 5.41) is 13.3. The lowest BCUT2D eigenvalue weighted by Gasteiger charge is -2.10. The Morgan fingerprint density at radius 3 is 2.82 bits per heavy atom. The second-order valence-corrected chi connectivity index (χ2v) is 8.83. The minimum atomic E-state index is -0.959. The van der Waals surface area contributed by atoms with Crippen molar-refractivity contribution in [3.05, 3.63) is 47.9 Å². The third-order valence-electron chi connectivity index (χ3n) is 5.28. The maximum Gasteiger partial charge on any atom is 0.374 e. The van der Waals surface area contributed by atoms with Crippen LogP contribution in [-0.4, -0.2) is 29.8 Å². The summed E-state index contributed by atoms with van der Waals surface area (Å²) in [4.78, 5) is 10.6. The van der Waals surface area contributed by atoms with Crippen LogP contribution in [0.25, 0.3) is 16.8 Å². The second kappa shape index (κ2) is 8.72. The molecule has 2 atom stereocenters. The largest absolute Gasteiger partial charge is 0.472 e. The Labute approximate surface area is 167 Å². The molecule has 1 aliphatic rings. The van der Waals surface area contributed by atoms with E-state index in [-0.39, 0.29) is 14.8 Å². The molecule has 146 valence electrons. The normalized spacial score (nSPS) is 18.5. The van der Waals surface area contributed by atoms with E-state index in [2.05, 4.69) is 17.2 Å². The zero-order valence-electron chi connectivity index (χ0n) is 16.3. The number of carboxylic acid groups (broad SMARTS) is 1. The number of hydrogen-bond acceptors (Lipinski definition) is 2. The van der Waals surface area contributed by atoms with E-state index in [4.69, 9.17) is 5.11 Å². The number of aliphatic carboxylic acids is 1. The molecule has 28 heavy (non-hydrogen) atoms. The van der Waals surface area contributed by atoms with Crippen LogP contribution in [-0.2, 0) is 17.8 Å². The van der Waals surface area contributed by atoms with Gasteiger partial charge >= 0.3 is 5.97 Å². The molecule has 1 aliphatic carbocycles. The van der Waals surface area contributed by atoms with Crippen LogP contribution in [0, 0.1) is 17.2 Å². The van der Waals surface area contributed by atoms with Gasteiger partial charge in [-0.05, 0) is 85.8 Å². The van der Waals surface area contributed by atoms with Gasteiger partial charge in [-0.2, -0.15) is 5.10 Å². The highest BCUT2D eigenvalue weighted by Crippen LogP contribution is 2.36. The summed E-state index contributed by atoms with van der Waals surface area (Å²) in [6.45, 7) is 8.61. The van der Waals surface area contributed by atoms with Gasteiger partial charge in [0.05, 0.1) is 11.4 Å². The smallest absolute Gasteiger partial charge is 0.374 e. The average molecular weight is 397 g/mol. The Morgan fingerprint density at radius 1 is 1.43 bits per heavy atom. The molecule has 1 N–H and O–H groups in total. The number of nitrogens with zero attached hydrogens (tertiary/aromatic N) is 2. The lowest BCUT2D eigenvalue weighted by molar-refractivity contribution is -0.130. The number of halogens is 1. The number of carboxylic acids is 1. The van der Waals surface area contributed by atoms with E-state index in [1.54, 1.807) is 6.07 Å². The van der Waals surface area contributed by atoms with E-state index in [0.29, 0.717) is 29.3 Å². The quantitative estimate of drug-likeness (QED) is 0.750. The van der Waals surface area contributed by atoms with Gasteiger partial charge in [0.25, 0.3) is 0 Å². The summed E-state index contributed by atoms with van der Waals surface area (Å²) in [5.41, 5.74) is 6.86. The Bertz CT molecular complexity index is 971. The summed E-state index contributed by atoms with van der Waals surface area (Å²) in [7, 11) is 0.247. The van der Waals surface area contributed by atoms with Gasteiger partial charge in [-0.3, -0.25) is 4.68 Å². The molecule has 6 heteroatoms. The Kier molecular flexibility index (Phi) is 6.32. The molecule has 2 aromatic rings. The van der Waals surface area contributed by atoms with Crippen LogP contribution < -0.4 is 0 Å². The van der Waals surface area contributed by atoms with Gasteiger partial charge in [-0.1, -0.05) is 12.6 Å². The van der Waals surface area contributed by atoms with E-state index < -0.39 is 5.97 Å². The molecule has 1 heterocycles. The topological polar surface area (TPSA) is 55.1 Å². The van der Waals surface area contributed by atoms with Crippen molar-refractivity contribution in [1.29, 1.82) is 0 Å². The van der Waals surface area contributed by atoms with Crippen molar-refractivity contribution < 1.29 is 14.3 Å². The molecule has 1 saturated carbocycles. The van der Waals surface area contributed by atoms with Gasteiger partial charge in [0.1, 0.15) is 5.82 Å². The lowest BCUT2D eigenvalue weighted by atomic mass is 9.96. The highest BCUT2D eigenvalue weighted by Gasteiger charge is 2.24. The standard InChI is InChI=1S/C22H25FN2O2Si/c1-4-25-21(14(2)3)12-20(24-25)18-8-6-16(11-19(18)23)9-15-5-7-17(10-15)28-13-22(26)27/h6,8,11-12,15,17H,2,4-5,7,9-10H2,1,3H3,(H,26,27). The van der Waals surface area contributed by atoms with Gasteiger partial charge in [0, 0.05) is 21.1 Å². The first-order chi connectivity index (χ1) is 13.4. The zero-order chi connectivity index (χ0) is 20.3. The highest BCUT2D eigenvalue weighted by molar-refractivity contribution is 6.31. The number of hydrogen-bond donors (Lipinski definition) is 1. The van der Waals surface area contributed by atoms with Crippen LogP contribution in [0.3, 0.4) is 0 Å². The number of aryl methyl sites for hydroxylation is 1. The van der Waals surface area contributed by atoms with Crippen LogP contribution in [0.1, 0.15) is 44.4 Å². The first kappa shape index (κ1) is 20.3. The van der Waals surface area contributed by atoms with Crippen LogP contribution in [0.2, 0.25) is 5.54 Å². The molecule has 1 aromatic heterocycles. The second-order valence-electron chi connectivity index (χ2n) is 7.48. The summed E-state index contributed by atoms with van der Waals surface area (Å²) >= 11 is 0. The molecule has 0 saturated heterocycles.